The van der Waals surface area contributed by atoms with Gasteiger partial charge >= 0.3 is 0 Å². The highest BCUT2D eigenvalue weighted by atomic mass is 35.5. The van der Waals surface area contributed by atoms with Crippen LogP contribution in [-0.2, 0) is 0 Å². The lowest BCUT2D eigenvalue weighted by atomic mass is 11.3. The first-order chi connectivity index (χ1) is 3.60. The van der Waals surface area contributed by atoms with Crippen LogP contribution in [0.3, 0.4) is 0 Å². The smallest absolute Gasteiger partial charge is 0.217 e. The predicted molar refractivity (Wildman–Crippen MR) is 42.9 cm³/mol. The predicted octanol–water partition coefficient (Wildman–Crippen LogP) is 3.07. The monoisotopic (exact) mass is 207 g/mol. The Morgan fingerprint density at radius 3 is 2.25 bits per heavy atom. The molecule has 0 bridgehead atoms. The minimum atomic E-state index is -1.05. The first-order valence-electron chi connectivity index (χ1n) is 1.59. The number of halogens is 3. The molecule has 46 valence electrons. The highest BCUT2D eigenvalue weighted by Crippen LogP contribution is 2.51. The van der Waals surface area contributed by atoms with E-state index in [0.717, 1.165) is 0 Å². The molecule has 1 aliphatic heterocycles. The van der Waals surface area contributed by atoms with Gasteiger partial charge in [-0.15, -0.1) is 0 Å². The van der Waals surface area contributed by atoms with Crippen LogP contribution in [0, 0.1) is 0 Å². The summed E-state index contributed by atoms with van der Waals surface area (Å²) in [4.78, 5) is 3.66. The van der Waals surface area contributed by atoms with Crippen LogP contribution < -0.4 is 0 Å². The summed E-state index contributed by atoms with van der Waals surface area (Å²) in [6, 6.07) is 0. The number of aliphatic imine (C=N–C) groups is 1. The highest BCUT2D eigenvalue weighted by molar-refractivity contribution is 8.84. The average Bonchev–Trinajstić information content (AvgIpc) is 1.82. The van der Waals surface area contributed by atoms with E-state index in [1.807, 2.05) is 0 Å². The molecule has 0 atom stereocenters. The van der Waals surface area contributed by atoms with E-state index in [9.17, 15) is 0 Å². The zero-order valence-corrected chi connectivity index (χ0v) is 7.30. The summed E-state index contributed by atoms with van der Waals surface area (Å²) in [5.41, 5.74) is 0. The zero-order chi connectivity index (χ0) is 6.20. The number of hydrogen-bond acceptors (Lipinski definition) is 3. The molecule has 0 radical (unpaired) electrons. The van der Waals surface area contributed by atoms with E-state index in [1.54, 1.807) is 0 Å². The third kappa shape index (κ3) is 1.88. The molecule has 6 heteroatoms. The normalized spacial score (nSPS) is 25.6. The summed E-state index contributed by atoms with van der Waals surface area (Å²) in [6.45, 7) is 0. The van der Waals surface area contributed by atoms with E-state index in [2.05, 4.69) is 4.99 Å². The fourth-order valence-electron chi connectivity index (χ4n) is 0.224. The highest BCUT2D eigenvalue weighted by Gasteiger charge is 2.31. The van der Waals surface area contributed by atoms with Crippen molar-refractivity contribution in [3.8, 4) is 0 Å². The Labute approximate surface area is 69.5 Å². The van der Waals surface area contributed by atoms with Crippen LogP contribution in [0.2, 0.25) is 0 Å². The first kappa shape index (κ1) is 7.35. The number of alkyl halides is 2. The lowest BCUT2D eigenvalue weighted by Crippen LogP contribution is -1.93. The third-order valence-corrected chi connectivity index (χ3v) is 4.25. The Hall–Kier alpha value is 1.24. The second-order valence-electron chi connectivity index (χ2n) is 1.02. The Kier molecular flexibility index (Phi) is 2.26. The lowest BCUT2D eigenvalue weighted by Gasteiger charge is -2.00. The average molecular weight is 209 g/mol. The van der Waals surface area contributed by atoms with Crippen molar-refractivity contribution in [3.63, 3.8) is 0 Å². The summed E-state index contributed by atoms with van der Waals surface area (Å²) in [5.74, 6) is 0. The quantitative estimate of drug-likeness (QED) is 0.345. The maximum atomic E-state index is 5.50. The van der Waals surface area contributed by atoms with Gasteiger partial charge in [0.05, 0.1) is 0 Å². The van der Waals surface area contributed by atoms with E-state index >= 15 is 0 Å². The van der Waals surface area contributed by atoms with Crippen molar-refractivity contribution >= 4 is 60.9 Å². The molecular weight excluding hydrogens is 209 g/mol. The Morgan fingerprint density at radius 2 is 2.12 bits per heavy atom. The molecule has 0 aromatic rings. The molecule has 0 aromatic heterocycles. The molecule has 0 aromatic carbocycles. The minimum absolute atomic E-state index is 0.403. The van der Waals surface area contributed by atoms with E-state index in [-0.39, 0.29) is 0 Å². The third-order valence-electron chi connectivity index (χ3n) is 0.429. The number of nitrogens with zero attached hydrogens (tertiary/aromatic N) is 1. The molecule has 0 aliphatic carbocycles. The van der Waals surface area contributed by atoms with E-state index in [1.165, 1.54) is 21.6 Å². The Morgan fingerprint density at radius 1 is 1.50 bits per heavy atom. The standard InChI is InChI=1S/C2Cl3NS2/c3-1-6-2(4,5)8-7-1. The molecule has 0 N–H and O–H groups in total. The van der Waals surface area contributed by atoms with Gasteiger partial charge in [-0.1, -0.05) is 34.8 Å². The second kappa shape index (κ2) is 2.46. The molecule has 0 saturated heterocycles. The van der Waals surface area contributed by atoms with E-state index in [4.69, 9.17) is 34.8 Å². The number of rotatable bonds is 0. The van der Waals surface area contributed by atoms with Crippen LogP contribution in [-0.4, -0.2) is 8.29 Å². The first-order valence-corrected chi connectivity index (χ1v) is 4.87. The van der Waals surface area contributed by atoms with E-state index < -0.39 is 3.79 Å². The molecule has 8 heavy (non-hydrogen) atoms. The van der Waals surface area contributed by atoms with Gasteiger partial charge in [0.15, 0.2) is 4.50 Å². The maximum Gasteiger partial charge on any atom is 0.268 e. The van der Waals surface area contributed by atoms with Gasteiger partial charge in [-0.3, -0.25) is 0 Å². The molecule has 0 amide bonds. The van der Waals surface area contributed by atoms with Crippen molar-refractivity contribution < 1.29 is 0 Å². The van der Waals surface area contributed by atoms with Crippen molar-refractivity contribution in [2.75, 3.05) is 0 Å². The topological polar surface area (TPSA) is 12.4 Å². The molecule has 1 heterocycles. The molecule has 1 aliphatic rings. The zero-order valence-electron chi connectivity index (χ0n) is 3.40. The van der Waals surface area contributed by atoms with Gasteiger partial charge in [0.1, 0.15) is 0 Å². The van der Waals surface area contributed by atoms with E-state index in [0.29, 0.717) is 4.50 Å². The molecule has 0 unspecified atom stereocenters. The van der Waals surface area contributed by atoms with Gasteiger partial charge in [0.25, 0.3) is 3.79 Å². The maximum absolute atomic E-state index is 5.50. The van der Waals surface area contributed by atoms with Gasteiger partial charge in [0.2, 0.25) is 0 Å². The van der Waals surface area contributed by atoms with Crippen molar-refractivity contribution in [1.82, 2.24) is 0 Å². The van der Waals surface area contributed by atoms with Crippen LogP contribution in [0.15, 0.2) is 4.99 Å². The molecule has 0 saturated carbocycles. The summed E-state index contributed by atoms with van der Waals surface area (Å²) in [6.07, 6.45) is 0. The van der Waals surface area contributed by atoms with Crippen LogP contribution in [0.4, 0.5) is 0 Å². The van der Waals surface area contributed by atoms with Crippen LogP contribution in [0.5, 0.6) is 0 Å². The second-order valence-corrected chi connectivity index (χ2v) is 5.65. The van der Waals surface area contributed by atoms with Crippen LogP contribution >= 0.6 is 56.4 Å². The van der Waals surface area contributed by atoms with Crippen molar-refractivity contribution in [1.29, 1.82) is 0 Å². The molecule has 1 rings (SSSR count). The summed E-state index contributed by atoms with van der Waals surface area (Å²) in [5, 5.41) is 0. The largest absolute Gasteiger partial charge is 0.268 e. The SMILES string of the molecule is ClC1=NC(Cl)(Cl)SS1. The van der Waals surface area contributed by atoms with Crippen LogP contribution in [0.25, 0.3) is 0 Å². The van der Waals surface area contributed by atoms with Crippen molar-refractivity contribution in [2.45, 2.75) is 3.79 Å². The number of hydrogen-bond donors (Lipinski definition) is 0. The Balaban J connectivity index is 2.67. The molecule has 1 nitrogen and oxygen atoms in total. The lowest BCUT2D eigenvalue weighted by molar-refractivity contribution is 1.21. The summed E-state index contributed by atoms with van der Waals surface area (Å²) in [7, 11) is 2.49. The van der Waals surface area contributed by atoms with Gasteiger partial charge in [0, 0.05) is 0 Å². The Bertz CT molecular complexity index is 133. The van der Waals surface area contributed by atoms with Crippen molar-refractivity contribution in [2.24, 2.45) is 4.99 Å². The van der Waals surface area contributed by atoms with Gasteiger partial charge < -0.3 is 0 Å². The molecule has 0 spiro atoms. The fraction of sp³-hybridized carbons (Fsp3) is 0.500. The van der Waals surface area contributed by atoms with Crippen molar-refractivity contribution in [3.05, 3.63) is 0 Å². The van der Waals surface area contributed by atoms with Gasteiger partial charge in [-0.05, 0) is 21.6 Å². The molecular formula is C2Cl3NS2. The van der Waals surface area contributed by atoms with Crippen LogP contribution in [0.1, 0.15) is 0 Å². The summed E-state index contributed by atoms with van der Waals surface area (Å²) >= 11 is 16.4. The van der Waals surface area contributed by atoms with Gasteiger partial charge in [-0.25, -0.2) is 4.99 Å². The minimum Gasteiger partial charge on any atom is -0.217 e. The summed E-state index contributed by atoms with van der Waals surface area (Å²) < 4.78 is -0.651. The molecule has 0 fully saturated rings. The fourth-order valence-corrected chi connectivity index (χ4v) is 2.87. The van der Waals surface area contributed by atoms with Gasteiger partial charge in [-0.2, -0.15) is 0 Å².